The molecule has 0 aliphatic carbocycles. The molecule has 1 fully saturated rings. The third kappa shape index (κ3) is 6.22. The molecule has 0 bridgehead atoms. The van der Waals surface area contributed by atoms with Crippen LogP contribution in [-0.2, 0) is 22.6 Å². The van der Waals surface area contributed by atoms with E-state index in [1.54, 1.807) is 30.3 Å². The predicted octanol–water partition coefficient (Wildman–Crippen LogP) is 7.10. The molecule has 9 heteroatoms. The standard InChI is InChI=1S/C28H21Br2IN2O4/c1-3-4-19-12-18(14-24(30)25(19)37-15-17-5-7-20(31)8-6-17)13-22-26(34)32-28(36)33(27(22)35)21-9-10-23(29)16(2)11-21/h3,5-14H,1,4,15H2,2H3,(H,32,34,36)/b22-13+. The van der Waals surface area contributed by atoms with E-state index in [9.17, 15) is 14.4 Å². The second-order valence-corrected chi connectivity index (χ2v) is 11.2. The van der Waals surface area contributed by atoms with Crippen LogP contribution in [0.4, 0.5) is 10.5 Å². The summed E-state index contributed by atoms with van der Waals surface area (Å²) in [4.78, 5) is 39.5. The minimum absolute atomic E-state index is 0.149. The van der Waals surface area contributed by atoms with E-state index in [-0.39, 0.29) is 5.57 Å². The maximum absolute atomic E-state index is 13.3. The summed E-state index contributed by atoms with van der Waals surface area (Å²) in [6.45, 7) is 6.07. The van der Waals surface area contributed by atoms with Crippen LogP contribution in [0.1, 0.15) is 22.3 Å². The number of hydrogen-bond acceptors (Lipinski definition) is 4. The van der Waals surface area contributed by atoms with Crippen LogP contribution in [0.15, 0.2) is 81.8 Å². The van der Waals surface area contributed by atoms with Crippen molar-refractivity contribution < 1.29 is 19.1 Å². The Morgan fingerprint density at radius 2 is 1.76 bits per heavy atom. The zero-order valence-corrected chi connectivity index (χ0v) is 25.0. The zero-order valence-electron chi connectivity index (χ0n) is 19.7. The summed E-state index contributed by atoms with van der Waals surface area (Å²) in [5.74, 6) is -0.793. The fourth-order valence-corrected chi connectivity index (χ4v) is 5.03. The molecule has 4 rings (SSSR count). The van der Waals surface area contributed by atoms with Crippen molar-refractivity contribution in [1.82, 2.24) is 5.32 Å². The minimum atomic E-state index is -0.790. The minimum Gasteiger partial charge on any atom is -0.487 e. The van der Waals surface area contributed by atoms with Crippen molar-refractivity contribution in [2.75, 3.05) is 4.90 Å². The monoisotopic (exact) mass is 734 g/mol. The fraction of sp³-hybridized carbons (Fsp3) is 0.107. The van der Waals surface area contributed by atoms with Gasteiger partial charge in [0.25, 0.3) is 11.8 Å². The maximum atomic E-state index is 13.3. The van der Waals surface area contributed by atoms with Crippen molar-refractivity contribution in [3.8, 4) is 5.75 Å². The van der Waals surface area contributed by atoms with Gasteiger partial charge in [0.1, 0.15) is 17.9 Å². The van der Waals surface area contributed by atoms with Gasteiger partial charge < -0.3 is 4.74 Å². The van der Waals surface area contributed by atoms with Crippen LogP contribution in [-0.4, -0.2) is 17.8 Å². The van der Waals surface area contributed by atoms with E-state index in [0.29, 0.717) is 34.5 Å². The van der Waals surface area contributed by atoms with Crippen molar-refractivity contribution in [3.05, 3.63) is 108 Å². The molecular weight excluding hydrogens is 715 g/mol. The Bertz CT molecular complexity index is 1450. The van der Waals surface area contributed by atoms with E-state index in [1.165, 1.54) is 6.08 Å². The largest absolute Gasteiger partial charge is 0.487 e. The number of imide groups is 2. The molecule has 0 aromatic heterocycles. The van der Waals surface area contributed by atoms with Crippen LogP contribution in [0.5, 0.6) is 5.75 Å². The van der Waals surface area contributed by atoms with Gasteiger partial charge in [-0.05, 0) is 123 Å². The first-order valence-electron chi connectivity index (χ1n) is 11.2. The number of benzene rings is 3. The van der Waals surface area contributed by atoms with Gasteiger partial charge in [0.05, 0.1) is 10.2 Å². The average Bonchev–Trinajstić information content (AvgIpc) is 2.84. The Hall–Kier alpha value is -2.76. The van der Waals surface area contributed by atoms with Gasteiger partial charge in [-0.2, -0.15) is 0 Å². The Labute approximate surface area is 245 Å². The number of allylic oxidation sites excluding steroid dienone is 1. The number of rotatable bonds is 7. The Balaban J connectivity index is 1.66. The number of halogens is 3. The number of urea groups is 1. The lowest BCUT2D eigenvalue weighted by Crippen LogP contribution is -2.54. The molecule has 4 amide bonds. The molecule has 0 atom stereocenters. The highest BCUT2D eigenvalue weighted by atomic mass is 127. The van der Waals surface area contributed by atoms with Crippen LogP contribution in [0.25, 0.3) is 6.08 Å². The molecular formula is C28H21Br2IN2O4. The molecule has 37 heavy (non-hydrogen) atoms. The summed E-state index contributed by atoms with van der Waals surface area (Å²) < 4.78 is 8.78. The van der Waals surface area contributed by atoms with E-state index >= 15 is 0 Å². The average molecular weight is 736 g/mol. The summed E-state index contributed by atoms with van der Waals surface area (Å²) in [6.07, 6.45) is 3.74. The van der Waals surface area contributed by atoms with E-state index in [2.05, 4.69) is 66.3 Å². The van der Waals surface area contributed by atoms with Gasteiger partial charge in [0.15, 0.2) is 0 Å². The molecule has 1 aliphatic rings. The summed E-state index contributed by atoms with van der Waals surface area (Å²) in [6, 6.07) is 16.0. The SMILES string of the molecule is C=CCc1cc(/C=C2\C(=O)NC(=O)N(c3ccc(Br)c(C)c3)C2=O)cc(Br)c1OCc1ccc(I)cc1. The molecule has 0 unspecified atom stereocenters. The number of anilines is 1. The summed E-state index contributed by atoms with van der Waals surface area (Å²) in [7, 11) is 0. The highest BCUT2D eigenvalue weighted by molar-refractivity contribution is 14.1. The first-order chi connectivity index (χ1) is 17.7. The highest BCUT2D eigenvalue weighted by Gasteiger charge is 2.37. The molecule has 6 nitrogen and oxygen atoms in total. The van der Waals surface area contributed by atoms with Gasteiger partial charge >= 0.3 is 6.03 Å². The number of carbonyl (C=O) groups is 3. The van der Waals surface area contributed by atoms with Crippen LogP contribution >= 0.6 is 54.5 Å². The van der Waals surface area contributed by atoms with E-state index in [0.717, 1.165) is 29.6 Å². The molecule has 0 saturated carbocycles. The van der Waals surface area contributed by atoms with Crippen molar-refractivity contribution >= 4 is 84.1 Å². The predicted molar refractivity (Wildman–Crippen MR) is 159 cm³/mol. The highest BCUT2D eigenvalue weighted by Crippen LogP contribution is 2.34. The van der Waals surface area contributed by atoms with Crippen LogP contribution in [0.3, 0.4) is 0 Å². The second kappa shape index (κ2) is 11.7. The van der Waals surface area contributed by atoms with Gasteiger partial charge in [-0.1, -0.05) is 34.1 Å². The van der Waals surface area contributed by atoms with Crippen molar-refractivity contribution in [2.24, 2.45) is 0 Å². The van der Waals surface area contributed by atoms with E-state index < -0.39 is 17.8 Å². The number of ether oxygens (including phenoxy) is 1. The lowest BCUT2D eigenvalue weighted by molar-refractivity contribution is -0.122. The van der Waals surface area contributed by atoms with Gasteiger partial charge in [-0.25, -0.2) is 9.69 Å². The van der Waals surface area contributed by atoms with Gasteiger partial charge in [-0.3, -0.25) is 14.9 Å². The topological polar surface area (TPSA) is 75.7 Å². The van der Waals surface area contributed by atoms with Gasteiger partial charge in [0.2, 0.25) is 0 Å². The van der Waals surface area contributed by atoms with Crippen molar-refractivity contribution in [1.29, 1.82) is 0 Å². The Morgan fingerprint density at radius 1 is 1.03 bits per heavy atom. The molecule has 1 saturated heterocycles. The smallest absolute Gasteiger partial charge is 0.335 e. The third-order valence-electron chi connectivity index (χ3n) is 5.62. The molecule has 0 radical (unpaired) electrons. The number of barbiturate groups is 1. The Morgan fingerprint density at radius 3 is 2.43 bits per heavy atom. The van der Waals surface area contributed by atoms with Crippen LogP contribution in [0.2, 0.25) is 0 Å². The lowest BCUT2D eigenvalue weighted by atomic mass is 10.0. The third-order valence-corrected chi connectivity index (χ3v) is 7.81. The summed E-state index contributed by atoms with van der Waals surface area (Å²) >= 11 is 9.25. The van der Waals surface area contributed by atoms with Crippen LogP contribution in [0, 0.1) is 10.5 Å². The normalized spacial score (nSPS) is 14.6. The lowest BCUT2D eigenvalue weighted by Gasteiger charge is -2.26. The zero-order chi connectivity index (χ0) is 26.7. The molecule has 3 aromatic carbocycles. The molecule has 1 heterocycles. The molecule has 0 spiro atoms. The summed E-state index contributed by atoms with van der Waals surface area (Å²) in [5, 5.41) is 2.26. The first kappa shape index (κ1) is 27.3. The molecule has 1 N–H and O–H groups in total. The van der Waals surface area contributed by atoms with Gasteiger partial charge in [-0.15, -0.1) is 6.58 Å². The maximum Gasteiger partial charge on any atom is 0.335 e. The molecule has 3 aromatic rings. The number of hydrogen-bond donors (Lipinski definition) is 1. The van der Waals surface area contributed by atoms with Gasteiger partial charge in [0, 0.05) is 8.04 Å². The number of amides is 4. The first-order valence-corrected chi connectivity index (χ1v) is 13.8. The fourth-order valence-electron chi connectivity index (χ4n) is 3.79. The van der Waals surface area contributed by atoms with Crippen molar-refractivity contribution in [2.45, 2.75) is 20.0 Å². The van der Waals surface area contributed by atoms with E-state index in [4.69, 9.17) is 4.74 Å². The number of nitrogens with one attached hydrogen (secondary N) is 1. The number of nitrogens with zero attached hydrogens (tertiary/aromatic N) is 1. The quantitative estimate of drug-likeness (QED) is 0.122. The van der Waals surface area contributed by atoms with Crippen LogP contribution < -0.4 is 15.0 Å². The number of aryl methyl sites for hydroxylation is 1. The Kier molecular flexibility index (Phi) is 8.66. The molecule has 1 aliphatic heterocycles. The van der Waals surface area contributed by atoms with E-state index in [1.807, 2.05) is 37.3 Å². The van der Waals surface area contributed by atoms with Crippen molar-refractivity contribution in [3.63, 3.8) is 0 Å². The number of carbonyl (C=O) groups excluding carboxylic acids is 3. The summed E-state index contributed by atoms with van der Waals surface area (Å²) in [5.41, 5.74) is 3.53. The molecule has 188 valence electrons. The second-order valence-electron chi connectivity index (χ2n) is 8.29.